The van der Waals surface area contributed by atoms with Crippen molar-refractivity contribution in [3.63, 3.8) is 0 Å². The van der Waals surface area contributed by atoms with E-state index in [2.05, 4.69) is 9.88 Å². The molecule has 1 N–H and O–H groups in total. The van der Waals surface area contributed by atoms with E-state index < -0.39 is 10.0 Å². The highest BCUT2D eigenvalue weighted by Gasteiger charge is 2.20. The molecule has 0 aliphatic heterocycles. The van der Waals surface area contributed by atoms with Gasteiger partial charge in [-0.25, -0.2) is 8.42 Å². The number of ether oxygens (including phenoxy) is 1. The number of rotatable bonds is 5. The Morgan fingerprint density at radius 3 is 2.42 bits per heavy atom. The summed E-state index contributed by atoms with van der Waals surface area (Å²) in [5.41, 5.74) is 3.48. The van der Waals surface area contributed by atoms with Crippen LogP contribution in [0.5, 0.6) is 5.75 Å². The number of nitrogens with one attached hydrogen (secondary N) is 1. The number of hydrogen-bond acceptors (Lipinski definition) is 5. The van der Waals surface area contributed by atoms with Gasteiger partial charge in [-0.3, -0.25) is 4.72 Å². The number of aromatic nitrogens is 1. The van der Waals surface area contributed by atoms with Crippen LogP contribution in [-0.2, 0) is 10.0 Å². The molecule has 0 saturated heterocycles. The molecule has 0 aliphatic carbocycles. The van der Waals surface area contributed by atoms with Gasteiger partial charge in [0.05, 0.1) is 23.4 Å². The molecule has 136 valence electrons. The van der Waals surface area contributed by atoms with Crippen molar-refractivity contribution in [1.29, 1.82) is 0 Å². The first-order valence-electron chi connectivity index (χ1n) is 8.02. The molecular formula is C19H20N2O4S. The van der Waals surface area contributed by atoms with E-state index in [1.54, 1.807) is 43.3 Å². The molecule has 0 atom stereocenters. The molecular weight excluding hydrogens is 352 g/mol. The number of methoxy groups -OCH3 is 1. The monoisotopic (exact) mass is 372 g/mol. The van der Waals surface area contributed by atoms with E-state index in [4.69, 9.17) is 9.26 Å². The summed E-state index contributed by atoms with van der Waals surface area (Å²) in [6, 6.07) is 12.2. The highest BCUT2D eigenvalue weighted by atomic mass is 32.2. The van der Waals surface area contributed by atoms with Crippen LogP contribution in [0.15, 0.2) is 51.9 Å². The maximum atomic E-state index is 12.9. The van der Waals surface area contributed by atoms with Gasteiger partial charge in [0.15, 0.2) is 5.76 Å². The average molecular weight is 372 g/mol. The Kier molecular flexibility index (Phi) is 4.73. The molecule has 26 heavy (non-hydrogen) atoms. The topological polar surface area (TPSA) is 81.4 Å². The van der Waals surface area contributed by atoms with Gasteiger partial charge >= 0.3 is 0 Å². The third kappa shape index (κ3) is 3.57. The molecule has 1 aromatic heterocycles. The smallest absolute Gasteiger partial charge is 0.262 e. The van der Waals surface area contributed by atoms with E-state index in [0.29, 0.717) is 22.8 Å². The number of benzene rings is 2. The van der Waals surface area contributed by atoms with E-state index in [-0.39, 0.29) is 4.90 Å². The van der Waals surface area contributed by atoms with E-state index in [9.17, 15) is 8.42 Å². The van der Waals surface area contributed by atoms with Crippen molar-refractivity contribution in [3.8, 4) is 17.1 Å². The van der Waals surface area contributed by atoms with Crippen LogP contribution in [0.3, 0.4) is 0 Å². The molecule has 0 saturated carbocycles. The van der Waals surface area contributed by atoms with Crippen molar-refractivity contribution in [2.45, 2.75) is 25.7 Å². The second-order valence-corrected chi connectivity index (χ2v) is 7.77. The van der Waals surface area contributed by atoms with Crippen LogP contribution < -0.4 is 9.46 Å². The summed E-state index contributed by atoms with van der Waals surface area (Å²) in [6.45, 7) is 5.46. The SMILES string of the molecule is COc1ccc(C)cc1NS(=O)(=O)c1ccc(-c2cc(C)no2)cc1C. The normalized spacial score (nSPS) is 11.4. The van der Waals surface area contributed by atoms with Gasteiger partial charge < -0.3 is 9.26 Å². The third-order valence-electron chi connectivity index (χ3n) is 3.98. The average Bonchev–Trinajstić information content (AvgIpc) is 3.01. The van der Waals surface area contributed by atoms with Crippen LogP contribution in [0.2, 0.25) is 0 Å². The lowest BCUT2D eigenvalue weighted by Crippen LogP contribution is -2.15. The third-order valence-corrected chi connectivity index (χ3v) is 5.50. The van der Waals surface area contributed by atoms with Gasteiger partial charge in [0.1, 0.15) is 5.75 Å². The van der Waals surface area contributed by atoms with Crippen molar-refractivity contribution < 1.29 is 17.7 Å². The van der Waals surface area contributed by atoms with Crippen LogP contribution >= 0.6 is 0 Å². The molecule has 0 unspecified atom stereocenters. The Hall–Kier alpha value is -2.80. The summed E-state index contributed by atoms with van der Waals surface area (Å²) >= 11 is 0. The summed E-state index contributed by atoms with van der Waals surface area (Å²) in [5.74, 6) is 1.06. The maximum Gasteiger partial charge on any atom is 0.262 e. The fourth-order valence-electron chi connectivity index (χ4n) is 2.71. The molecule has 0 radical (unpaired) electrons. The fourth-order valence-corrected chi connectivity index (χ4v) is 3.99. The molecule has 0 bridgehead atoms. The number of sulfonamides is 1. The fraction of sp³-hybridized carbons (Fsp3) is 0.211. The van der Waals surface area contributed by atoms with Gasteiger partial charge in [0, 0.05) is 11.6 Å². The van der Waals surface area contributed by atoms with Gasteiger partial charge in [-0.2, -0.15) is 0 Å². The first-order chi connectivity index (χ1) is 12.3. The minimum Gasteiger partial charge on any atom is -0.495 e. The Morgan fingerprint density at radius 1 is 1.04 bits per heavy atom. The predicted molar refractivity (Wildman–Crippen MR) is 100.0 cm³/mol. The first-order valence-corrected chi connectivity index (χ1v) is 9.50. The number of hydrogen-bond donors (Lipinski definition) is 1. The van der Waals surface area contributed by atoms with Gasteiger partial charge in [0.25, 0.3) is 10.0 Å². The lowest BCUT2D eigenvalue weighted by atomic mass is 10.1. The quantitative estimate of drug-likeness (QED) is 0.730. The van der Waals surface area contributed by atoms with Crippen LogP contribution in [0, 0.1) is 20.8 Å². The molecule has 0 fully saturated rings. The van der Waals surface area contributed by atoms with Gasteiger partial charge in [-0.05, 0) is 62.2 Å². The largest absolute Gasteiger partial charge is 0.495 e. The van der Waals surface area contributed by atoms with Gasteiger partial charge in [-0.15, -0.1) is 0 Å². The van der Waals surface area contributed by atoms with Crippen LogP contribution in [-0.4, -0.2) is 20.7 Å². The second kappa shape index (κ2) is 6.84. The molecule has 0 spiro atoms. The molecule has 0 amide bonds. The molecule has 2 aromatic carbocycles. The van der Waals surface area contributed by atoms with Crippen molar-refractivity contribution >= 4 is 15.7 Å². The Bertz CT molecular complexity index is 1060. The zero-order chi connectivity index (χ0) is 18.9. The zero-order valence-electron chi connectivity index (χ0n) is 15.0. The molecule has 7 heteroatoms. The van der Waals surface area contributed by atoms with E-state index in [1.165, 1.54) is 7.11 Å². The summed E-state index contributed by atoms with van der Waals surface area (Å²) in [7, 11) is -2.26. The highest BCUT2D eigenvalue weighted by Crippen LogP contribution is 2.30. The molecule has 3 aromatic rings. The van der Waals surface area contributed by atoms with E-state index in [0.717, 1.165) is 16.8 Å². The zero-order valence-corrected chi connectivity index (χ0v) is 15.8. The molecule has 6 nitrogen and oxygen atoms in total. The van der Waals surface area contributed by atoms with Crippen molar-refractivity contribution in [2.75, 3.05) is 11.8 Å². The van der Waals surface area contributed by atoms with Crippen molar-refractivity contribution in [2.24, 2.45) is 0 Å². The molecule has 1 heterocycles. The Balaban J connectivity index is 1.96. The van der Waals surface area contributed by atoms with Crippen molar-refractivity contribution in [1.82, 2.24) is 5.16 Å². The van der Waals surface area contributed by atoms with Crippen molar-refractivity contribution in [3.05, 3.63) is 59.3 Å². The lowest BCUT2D eigenvalue weighted by molar-refractivity contribution is 0.417. The van der Waals surface area contributed by atoms with E-state index >= 15 is 0 Å². The summed E-state index contributed by atoms with van der Waals surface area (Å²) in [4.78, 5) is 0.195. The first kappa shape index (κ1) is 18.0. The summed E-state index contributed by atoms with van der Waals surface area (Å²) in [5, 5.41) is 3.86. The highest BCUT2D eigenvalue weighted by molar-refractivity contribution is 7.92. The summed E-state index contributed by atoms with van der Waals surface area (Å²) < 4.78 is 38.8. The summed E-state index contributed by atoms with van der Waals surface area (Å²) in [6.07, 6.45) is 0. The minimum atomic E-state index is -3.76. The minimum absolute atomic E-state index is 0.195. The lowest BCUT2D eigenvalue weighted by Gasteiger charge is -2.14. The van der Waals surface area contributed by atoms with Gasteiger partial charge in [-0.1, -0.05) is 11.2 Å². The molecule has 3 rings (SSSR count). The molecule has 0 aliphatic rings. The number of anilines is 1. The van der Waals surface area contributed by atoms with Gasteiger partial charge in [0.2, 0.25) is 0 Å². The van der Waals surface area contributed by atoms with E-state index in [1.807, 2.05) is 19.9 Å². The maximum absolute atomic E-state index is 12.9. The number of nitrogens with zero attached hydrogens (tertiary/aromatic N) is 1. The van der Waals surface area contributed by atoms with Crippen LogP contribution in [0.1, 0.15) is 16.8 Å². The Labute approximate surface area is 152 Å². The standard InChI is InChI=1S/C19H20N2O4S/c1-12-5-7-17(24-4)16(9-12)21-26(22,23)19-8-6-15(10-13(19)2)18-11-14(3)20-25-18/h5-11,21H,1-4H3. The predicted octanol–water partition coefficient (Wildman–Crippen LogP) is 4.08. The Morgan fingerprint density at radius 2 is 1.81 bits per heavy atom. The van der Waals surface area contributed by atoms with Crippen LogP contribution in [0.25, 0.3) is 11.3 Å². The second-order valence-electron chi connectivity index (χ2n) is 6.12. The number of aryl methyl sites for hydroxylation is 3. The van der Waals surface area contributed by atoms with Crippen LogP contribution in [0.4, 0.5) is 5.69 Å².